The lowest BCUT2D eigenvalue weighted by atomic mass is 10.1. The first kappa shape index (κ1) is 21.4. The minimum Gasteiger partial charge on any atom is -0.388 e. The maximum absolute atomic E-state index is 12.4. The van der Waals surface area contributed by atoms with E-state index in [1.807, 2.05) is 13.0 Å². The number of benzene rings is 2. The zero-order valence-electron chi connectivity index (χ0n) is 15.9. The predicted octanol–water partition coefficient (Wildman–Crippen LogP) is 0.791. The number of anilines is 1. The first-order valence-electron chi connectivity index (χ1n) is 9.19. The summed E-state index contributed by atoms with van der Waals surface area (Å²) in [4.78, 5) is 12.3. The van der Waals surface area contributed by atoms with E-state index in [9.17, 15) is 23.4 Å². The molecule has 3 rings (SSSR count). The molecular weight excluding hydrogens is 396 g/mol. The molecule has 0 bridgehead atoms. The van der Waals surface area contributed by atoms with Crippen LogP contribution < -0.4 is 10.0 Å². The second-order valence-corrected chi connectivity index (χ2v) is 8.74. The molecule has 8 nitrogen and oxygen atoms in total. The Labute approximate surface area is 169 Å². The first-order valence-corrected chi connectivity index (χ1v) is 10.7. The highest BCUT2D eigenvalue weighted by Gasteiger charge is 2.43. The molecule has 1 amide bonds. The van der Waals surface area contributed by atoms with Gasteiger partial charge in [-0.3, -0.25) is 4.79 Å². The van der Waals surface area contributed by atoms with Crippen molar-refractivity contribution in [3.63, 3.8) is 0 Å². The van der Waals surface area contributed by atoms with Crippen LogP contribution in [0, 0.1) is 6.92 Å². The third-order valence-corrected chi connectivity index (χ3v) is 6.15. The number of sulfonamides is 1. The van der Waals surface area contributed by atoms with Crippen LogP contribution in [0.5, 0.6) is 0 Å². The van der Waals surface area contributed by atoms with Crippen molar-refractivity contribution in [1.82, 2.24) is 4.72 Å². The zero-order valence-corrected chi connectivity index (χ0v) is 16.7. The Morgan fingerprint density at radius 3 is 2.28 bits per heavy atom. The summed E-state index contributed by atoms with van der Waals surface area (Å²) in [6.07, 6.45) is -4.70. The fourth-order valence-corrected chi connectivity index (χ4v) is 4.12. The van der Waals surface area contributed by atoms with Gasteiger partial charge in [0, 0.05) is 12.2 Å². The van der Waals surface area contributed by atoms with Crippen molar-refractivity contribution in [1.29, 1.82) is 0 Å². The number of aliphatic hydroxyl groups excluding tert-OH is 2. The van der Waals surface area contributed by atoms with Gasteiger partial charge in [-0.25, -0.2) is 13.1 Å². The van der Waals surface area contributed by atoms with Gasteiger partial charge in [0.25, 0.3) is 0 Å². The number of aliphatic hydroxyl groups is 2. The summed E-state index contributed by atoms with van der Waals surface area (Å²) in [5, 5.41) is 23.1. The zero-order chi connectivity index (χ0) is 21.0. The number of amides is 1. The molecule has 9 heteroatoms. The van der Waals surface area contributed by atoms with E-state index in [1.165, 1.54) is 12.1 Å². The van der Waals surface area contributed by atoms with Gasteiger partial charge in [0.1, 0.15) is 18.3 Å². The van der Waals surface area contributed by atoms with Gasteiger partial charge in [-0.05, 0) is 31.2 Å². The maximum Gasteiger partial charge on any atom is 0.240 e. The lowest BCUT2D eigenvalue weighted by Crippen LogP contribution is -2.40. The van der Waals surface area contributed by atoms with Gasteiger partial charge < -0.3 is 20.3 Å². The molecule has 0 spiro atoms. The number of carbonyl (C=O) groups excluding carboxylic acids is 1. The van der Waals surface area contributed by atoms with E-state index >= 15 is 0 Å². The monoisotopic (exact) mass is 420 g/mol. The Morgan fingerprint density at radius 1 is 1.00 bits per heavy atom. The van der Waals surface area contributed by atoms with Gasteiger partial charge in [-0.2, -0.15) is 0 Å². The third-order valence-electron chi connectivity index (χ3n) is 4.71. The molecule has 1 saturated heterocycles. The summed E-state index contributed by atoms with van der Waals surface area (Å²) >= 11 is 0. The minimum atomic E-state index is -3.79. The summed E-state index contributed by atoms with van der Waals surface area (Å²) in [5.74, 6) is -0.381. The standard InChI is InChI=1S/C20H24N2O6S/c1-13-7-9-15(10-8-13)29(26,27)21-12-17-20(25)19(24)16(28-17)11-18(23)22-14-5-3-2-4-6-14/h2-10,16-17,19-21,24-25H,11-12H2,1H3,(H,22,23)/t16-,17-,19-,20+/m0/s1. The molecule has 1 fully saturated rings. The van der Waals surface area contributed by atoms with Gasteiger partial charge >= 0.3 is 0 Å². The van der Waals surface area contributed by atoms with E-state index in [2.05, 4.69) is 10.0 Å². The Bertz CT molecular complexity index is 933. The average molecular weight is 420 g/mol. The largest absolute Gasteiger partial charge is 0.388 e. The van der Waals surface area contributed by atoms with Gasteiger partial charge in [0.05, 0.1) is 17.4 Å². The maximum atomic E-state index is 12.4. The molecule has 1 aliphatic rings. The summed E-state index contributed by atoms with van der Waals surface area (Å²) in [6, 6.07) is 15.1. The van der Waals surface area contributed by atoms with Crippen LogP contribution in [0.15, 0.2) is 59.5 Å². The van der Waals surface area contributed by atoms with Crippen LogP contribution in [0.1, 0.15) is 12.0 Å². The van der Waals surface area contributed by atoms with Crippen LogP contribution in [-0.2, 0) is 19.6 Å². The van der Waals surface area contributed by atoms with E-state index in [4.69, 9.17) is 4.74 Å². The van der Waals surface area contributed by atoms with Gasteiger partial charge in [-0.15, -0.1) is 0 Å². The second-order valence-electron chi connectivity index (χ2n) is 6.98. The lowest BCUT2D eigenvalue weighted by molar-refractivity contribution is -0.120. The third kappa shape index (κ3) is 5.40. The number of ether oxygens (including phenoxy) is 1. The second kappa shape index (κ2) is 9.02. The Morgan fingerprint density at radius 2 is 1.62 bits per heavy atom. The molecule has 0 radical (unpaired) electrons. The van der Waals surface area contributed by atoms with E-state index in [0.717, 1.165) is 5.56 Å². The van der Waals surface area contributed by atoms with Crippen LogP contribution >= 0.6 is 0 Å². The molecule has 0 aromatic heterocycles. The molecule has 4 atom stereocenters. The molecule has 0 unspecified atom stereocenters. The van der Waals surface area contributed by atoms with E-state index in [1.54, 1.807) is 36.4 Å². The molecule has 2 aromatic carbocycles. The molecule has 29 heavy (non-hydrogen) atoms. The van der Waals surface area contributed by atoms with Crippen molar-refractivity contribution >= 4 is 21.6 Å². The SMILES string of the molecule is Cc1ccc(S(=O)(=O)NC[C@@H]2O[C@@H](CC(=O)Nc3ccccc3)[C@H](O)[C@@H]2O)cc1. The fraction of sp³-hybridized carbons (Fsp3) is 0.350. The number of hydrogen-bond acceptors (Lipinski definition) is 6. The van der Waals surface area contributed by atoms with Gasteiger partial charge in [0.2, 0.25) is 15.9 Å². The minimum absolute atomic E-state index is 0.0925. The van der Waals surface area contributed by atoms with Crippen LogP contribution in [0.4, 0.5) is 5.69 Å². The topological polar surface area (TPSA) is 125 Å². The normalized spacial score (nSPS) is 24.4. The number of para-hydroxylation sites is 1. The lowest BCUT2D eigenvalue weighted by Gasteiger charge is -2.15. The Hall–Kier alpha value is -2.30. The van der Waals surface area contributed by atoms with Crippen molar-refractivity contribution in [2.75, 3.05) is 11.9 Å². The first-order chi connectivity index (χ1) is 13.8. The fourth-order valence-electron chi connectivity index (χ4n) is 3.07. The van der Waals surface area contributed by atoms with Crippen molar-refractivity contribution in [3.05, 3.63) is 60.2 Å². The predicted molar refractivity (Wildman–Crippen MR) is 107 cm³/mol. The molecule has 4 N–H and O–H groups in total. The van der Waals surface area contributed by atoms with Crippen LogP contribution in [0.3, 0.4) is 0 Å². The van der Waals surface area contributed by atoms with Crippen molar-refractivity contribution < 1.29 is 28.2 Å². The quantitative estimate of drug-likeness (QED) is 0.525. The molecule has 2 aromatic rings. The van der Waals surface area contributed by atoms with E-state index in [-0.39, 0.29) is 23.8 Å². The van der Waals surface area contributed by atoms with Crippen LogP contribution in [0.2, 0.25) is 0 Å². The Balaban J connectivity index is 1.56. The summed E-state index contributed by atoms with van der Waals surface area (Å²) < 4.78 is 32.7. The van der Waals surface area contributed by atoms with E-state index in [0.29, 0.717) is 5.69 Å². The number of carbonyl (C=O) groups is 1. The van der Waals surface area contributed by atoms with Gasteiger partial charge in [-0.1, -0.05) is 35.9 Å². The van der Waals surface area contributed by atoms with Crippen LogP contribution in [-0.4, -0.2) is 55.5 Å². The highest BCUT2D eigenvalue weighted by Crippen LogP contribution is 2.24. The molecule has 0 saturated carbocycles. The number of rotatable bonds is 7. The van der Waals surface area contributed by atoms with Gasteiger partial charge in [0.15, 0.2) is 0 Å². The number of aryl methyl sites for hydroxylation is 1. The van der Waals surface area contributed by atoms with Crippen molar-refractivity contribution in [2.24, 2.45) is 0 Å². The highest BCUT2D eigenvalue weighted by atomic mass is 32.2. The highest BCUT2D eigenvalue weighted by molar-refractivity contribution is 7.89. The summed E-state index contributed by atoms with van der Waals surface area (Å²) in [7, 11) is -3.79. The molecule has 156 valence electrons. The Kier molecular flexibility index (Phi) is 6.66. The smallest absolute Gasteiger partial charge is 0.240 e. The summed E-state index contributed by atoms with van der Waals surface area (Å²) in [5.41, 5.74) is 1.53. The van der Waals surface area contributed by atoms with Crippen LogP contribution in [0.25, 0.3) is 0 Å². The molecule has 1 heterocycles. The average Bonchev–Trinajstić information content (AvgIpc) is 2.95. The number of hydrogen-bond donors (Lipinski definition) is 4. The van der Waals surface area contributed by atoms with Crippen molar-refractivity contribution in [2.45, 2.75) is 42.7 Å². The van der Waals surface area contributed by atoms with E-state index < -0.39 is 34.4 Å². The summed E-state index contributed by atoms with van der Waals surface area (Å²) in [6.45, 7) is 1.62. The van der Waals surface area contributed by atoms with Crippen molar-refractivity contribution in [3.8, 4) is 0 Å². The molecule has 1 aliphatic heterocycles. The molecule has 0 aliphatic carbocycles. The molecular formula is C20H24N2O6S. The number of nitrogens with one attached hydrogen (secondary N) is 2.